The van der Waals surface area contributed by atoms with E-state index in [0.717, 1.165) is 37.6 Å². The second kappa shape index (κ2) is 7.78. The molecular formula is C16H26N2O2. The smallest absolute Gasteiger partial charge is 0.340 e. The van der Waals surface area contributed by atoms with Gasteiger partial charge in [-0.15, -0.1) is 0 Å². The van der Waals surface area contributed by atoms with Crippen LogP contribution in [0.15, 0.2) is 18.2 Å². The molecule has 0 aromatic heterocycles. The highest BCUT2D eigenvalue weighted by atomic mass is 16.5. The van der Waals surface area contributed by atoms with E-state index in [4.69, 9.17) is 4.74 Å². The molecule has 0 aliphatic carbocycles. The third kappa shape index (κ3) is 3.44. The van der Waals surface area contributed by atoms with Gasteiger partial charge in [-0.2, -0.15) is 0 Å². The molecule has 1 aromatic rings. The lowest BCUT2D eigenvalue weighted by molar-refractivity contribution is 0.0601. The summed E-state index contributed by atoms with van der Waals surface area (Å²) in [6.45, 7) is 12.0. The summed E-state index contributed by atoms with van der Waals surface area (Å²) in [6.07, 6.45) is 0. The van der Waals surface area contributed by atoms with E-state index in [0.29, 0.717) is 5.56 Å². The van der Waals surface area contributed by atoms with Crippen molar-refractivity contribution < 1.29 is 9.53 Å². The summed E-state index contributed by atoms with van der Waals surface area (Å²) in [4.78, 5) is 16.4. The van der Waals surface area contributed by atoms with Crippen molar-refractivity contribution in [1.82, 2.24) is 0 Å². The van der Waals surface area contributed by atoms with Crippen LogP contribution in [0, 0.1) is 0 Å². The first kappa shape index (κ1) is 16.3. The molecular weight excluding hydrogens is 252 g/mol. The summed E-state index contributed by atoms with van der Waals surface area (Å²) in [5.41, 5.74) is 2.64. The Hall–Kier alpha value is -1.71. The van der Waals surface area contributed by atoms with Crippen molar-refractivity contribution in [3.63, 3.8) is 0 Å². The molecule has 0 heterocycles. The van der Waals surface area contributed by atoms with E-state index >= 15 is 0 Å². The molecule has 4 nitrogen and oxygen atoms in total. The largest absolute Gasteiger partial charge is 0.465 e. The molecule has 1 aromatic carbocycles. The van der Waals surface area contributed by atoms with Crippen molar-refractivity contribution in [2.24, 2.45) is 0 Å². The Morgan fingerprint density at radius 2 is 1.55 bits per heavy atom. The number of rotatable bonds is 7. The molecule has 4 heteroatoms. The number of ether oxygens (including phenoxy) is 1. The van der Waals surface area contributed by atoms with E-state index in [-0.39, 0.29) is 5.97 Å². The summed E-state index contributed by atoms with van der Waals surface area (Å²) in [5.74, 6) is -0.277. The molecule has 0 bridgehead atoms. The molecule has 0 atom stereocenters. The van der Waals surface area contributed by atoms with E-state index in [1.165, 1.54) is 7.11 Å². The van der Waals surface area contributed by atoms with Gasteiger partial charge in [-0.05, 0) is 45.9 Å². The quantitative estimate of drug-likeness (QED) is 0.717. The molecule has 0 N–H and O–H groups in total. The first-order valence-corrected chi connectivity index (χ1v) is 7.35. The Morgan fingerprint density at radius 3 is 2.00 bits per heavy atom. The van der Waals surface area contributed by atoms with Crippen LogP contribution in [0.2, 0.25) is 0 Å². The lowest BCUT2D eigenvalue weighted by Gasteiger charge is -2.26. The first-order valence-electron chi connectivity index (χ1n) is 7.35. The van der Waals surface area contributed by atoms with E-state index < -0.39 is 0 Å². The second-order valence-corrected chi connectivity index (χ2v) is 4.54. The van der Waals surface area contributed by atoms with E-state index in [1.54, 1.807) is 0 Å². The average molecular weight is 278 g/mol. The van der Waals surface area contributed by atoms with Crippen molar-refractivity contribution in [2.75, 3.05) is 43.1 Å². The minimum Gasteiger partial charge on any atom is -0.465 e. The third-order valence-electron chi connectivity index (χ3n) is 3.62. The van der Waals surface area contributed by atoms with E-state index in [1.807, 2.05) is 12.1 Å². The Balaban J connectivity index is 3.29. The fourth-order valence-corrected chi connectivity index (χ4v) is 2.42. The van der Waals surface area contributed by atoms with E-state index in [9.17, 15) is 4.79 Å². The van der Waals surface area contributed by atoms with Crippen LogP contribution in [0.3, 0.4) is 0 Å². The Morgan fingerprint density at radius 1 is 1.00 bits per heavy atom. The zero-order valence-corrected chi connectivity index (χ0v) is 13.3. The van der Waals surface area contributed by atoms with Crippen LogP contribution in [0.25, 0.3) is 0 Å². The van der Waals surface area contributed by atoms with Gasteiger partial charge >= 0.3 is 5.97 Å². The number of hydrogen-bond donors (Lipinski definition) is 0. The van der Waals surface area contributed by atoms with Crippen molar-refractivity contribution in [3.05, 3.63) is 23.8 Å². The maximum atomic E-state index is 12.1. The predicted molar refractivity (Wildman–Crippen MR) is 84.9 cm³/mol. The number of anilines is 2. The molecule has 1 rings (SSSR count). The minimum absolute atomic E-state index is 0.277. The summed E-state index contributed by atoms with van der Waals surface area (Å²) in [5, 5.41) is 0. The van der Waals surface area contributed by atoms with Gasteiger partial charge in [-0.3, -0.25) is 0 Å². The monoisotopic (exact) mass is 278 g/mol. The van der Waals surface area contributed by atoms with Gasteiger partial charge in [0.05, 0.1) is 18.4 Å². The average Bonchev–Trinajstić information content (AvgIpc) is 2.49. The van der Waals surface area contributed by atoms with Crippen molar-refractivity contribution in [3.8, 4) is 0 Å². The van der Waals surface area contributed by atoms with Gasteiger partial charge in [0.1, 0.15) is 0 Å². The standard InChI is InChI=1S/C16H26N2O2/c1-6-17(7-2)13-10-11-15(18(8-3)9-4)14(12-13)16(19)20-5/h10-12H,6-9H2,1-5H3. The topological polar surface area (TPSA) is 32.8 Å². The zero-order chi connectivity index (χ0) is 15.1. The predicted octanol–water partition coefficient (Wildman–Crippen LogP) is 3.17. The number of benzene rings is 1. The lowest BCUT2D eigenvalue weighted by atomic mass is 10.1. The Labute approximate surface area is 122 Å². The number of hydrogen-bond acceptors (Lipinski definition) is 4. The van der Waals surface area contributed by atoms with Crippen LogP contribution in [-0.2, 0) is 4.74 Å². The molecule has 0 aliphatic rings. The Bertz CT molecular complexity index is 438. The molecule has 0 saturated carbocycles. The zero-order valence-electron chi connectivity index (χ0n) is 13.3. The molecule has 0 aliphatic heterocycles. The number of carbonyl (C=O) groups excluding carboxylic acids is 1. The summed E-state index contributed by atoms with van der Waals surface area (Å²) >= 11 is 0. The first-order chi connectivity index (χ1) is 9.62. The number of esters is 1. The normalized spacial score (nSPS) is 10.2. The lowest BCUT2D eigenvalue weighted by Crippen LogP contribution is -2.26. The number of methoxy groups -OCH3 is 1. The highest BCUT2D eigenvalue weighted by molar-refractivity contribution is 5.97. The minimum atomic E-state index is -0.277. The SMILES string of the molecule is CCN(CC)c1ccc(N(CC)CC)c(C(=O)OC)c1. The van der Waals surface area contributed by atoms with E-state index in [2.05, 4.69) is 43.6 Å². The van der Waals surface area contributed by atoms with Gasteiger partial charge in [0.15, 0.2) is 0 Å². The van der Waals surface area contributed by atoms with Crippen molar-refractivity contribution in [1.29, 1.82) is 0 Å². The van der Waals surface area contributed by atoms with Crippen LogP contribution in [0.1, 0.15) is 38.1 Å². The Kier molecular flexibility index (Phi) is 6.36. The molecule has 0 saturated heterocycles. The van der Waals surface area contributed by atoms with Gasteiger partial charge in [-0.25, -0.2) is 4.79 Å². The van der Waals surface area contributed by atoms with Crippen LogP contribution < -0.4 is 9.80 Å². The van der Waals surface area contributed by atoms with Crippen LogP contribution in [0.4, 0.5) is 11.4 Å². The molecule has 112 valence electrons. The van der Waals surface area contributed by atoms with Crippen molar-refractivity contribution in [2.45, 2.75) is 27.7 Å². The molecule has 0 fully saturated rings. The number of nitrogens with zero attached hydrogens (tertiary/aromatic N) is 2. The molecule has 20 heavy (non-hydrogen) atoms. The molecule has 0 amide bonds. The summed E-state index contributed by atoms with van der Waals surface area (Å²) in [7, 11) is 1.43. The van der Waals surface area contributed by atoms with Gasteiger partial charge in [0, 0.05) is 31.9 Å². The molecule has 0 spiro atoms. The van der Waals surface area contributed by atoms with Gasteiger partial charge in [0.2, 0.25) is 0 Å². The van der Waals surface area contributed by atoms with Gasteiger partial charge in [-0.1, -0.05) is 0 Å². The second-order valence-electron chi connectivity index (χ2n) is 4.54. The summed E-state index contributed by atoms with van der Waals surface area (Å²) in [6, 6.07) is 6.03. The van der Waals surface area contributed by atoms with Gasteiger partial charge in [0.25, 0.3) is 0 Å². The molecule has 0 unspecified atom stereocenters. The fourth-order valence-electron chi connectivity index (χ4n) is 2.42. The van der Waals surface area contributed by atoms with Crippen LogP contribution >= 0.6 is 0 Å². The third-order valence-corrected chi connectivity index (χ3v) is 3.62. The maximum absolute atomic E-state index is 12.1. The van der Waals surface area contributed by atoms with Crippen molar-refractivity contribution >= 4 is 17.3 Å². The number of carbonyl (C=O) groups is 1. The molecule has 0 radical (unpaired) electrons. The highest BCUT2D eigenvalue weighted by Crippen LogP contribution is 2.27. The fraction of sp³-hybridized carbons (Fsp3) is 0.562. The summed E-state index contributed by atoms with van der Waals surface area (Å²) < 4.78 is 4.93. The highest BCUT2D eigenvalue weighted by Gasteiger charge is 2.17. The van der Waals surface area contributed by atoms with Crippen LogP contribution in [-0.4, -0.2) is 39.3 Å². The van der Waals surface area contributed by atoms with Crippen LogP contribution in [0.5, 0.6) is 0 Å². The maximum Gasteiger partial charge on any atom is 0.340 e. The van der Waals surface area contributed by atoms with Gasteiger partial charge < -0.3 is 14.5 Å².